The van der Waals surface area contributed by atoms with Crippen molar-refractivity contribution in [3.05, 3.63) is 47.3 Å². The smallest absolute Gasteiger partial charge is 0.292 e. The highest BCUT2D eigenvalue weighted by molar-refractivity contribution is 7.16. The van der Waals surface area contributed by atoms with Crippen LogP contribution in [0.25, 0.3) is 10.2 Å². The largest absolute Gasteiger partial charge is 0.494 e. The number of nitrogens with zero attached hydrogens (tertiary/aromatic N) is 2. The Kier molecular flexibility index (Phi) is 5.04. The van der Waals surface area contributed by atoms with E-state index in [4.69, 9.17) is 20.6 Å². The number of carbonyl (C=O) groups excluding carboxylic acids is 1. The summed E-state index contributed by atoms with van der Waals surface area (Å²) in [5.41, 5.74) is 0.907. The Morgan fingerprint density at radius 3 is 2.96 bits per heavy atom. The Hall–Kier alpha value is -3.24. The SMILES string of the molecule is C#CCn1c(=NC(=O)C2COc3ccccc3O2)sc2cc(OCC)ccc21. The summed E-state index contributed by atoms with van der Waals surface area (Å²) in [4.78, 5) is 17.5. The van der Waals surface area contributed by atoms with Crippen LogP contribution in [0.5, 0.6) is 17.2 Å². The number of carbonyl (C=O) groups is 1. The van der Waals surface area contributed by atoms with Crippen LogP contribution in [0, 0.1) is 12.3 Å². The van der Waals surface area contributed by atoms with E-state index in [2.05, 4.69) is 10.9 Å². The molecule has 142 valence electrons. The van der Waals surface area contributed by atoms with Gasteiger partial charge in [-0.2, -0.15) is 4.99 Å². The molecule has 0 aliphatic carbocycles. The molecule has 0 radical (unpaired) electrons. The Balaban J connectivity index is 1.69. The lowest BCUT2D eigenvalue weighted by Crippen LogP contribution is -2.36. The van der Waals surface area contributed by atoms with E-state index < -0.39 is 12.0 Å². The number of rotatable bonds is 4. The summed E-state index contributed by atoms with van der Waals surface area (Å²) in [7, 11) is 0. The minimum Gasteiger partial charge on any atom is -0.494 e. The monoisotopic (exact) mass is 394 g/mol. The summed E-state index contributed by atoms with van der Waals surface area (Å²) in [6, 6.07) is 13.0. The zero-order valence-electron chi connectivity index (χ0n) is 15.3. The average molecular weight is 394 g/mol. The molecule has 0 fully saturated rings. The number of aromatic nitrogens is 1. The molecule has 28 heavy (non-hydrogen) atoms. The minimum absolute atomic E-state index is 0.119. The summed E-state index contributed by atoms with van der Waals surface area (Å²) in [6.45, 7) is 2.94. The van der Waals surface area contributed by atoms with Crippen LogP contribution in [0.15, 0.2) is 47.5 Å². The van der Waals surface area contributed by atoms with Gasteiger partial charge in [0.1, 0.15) is 12.4 Å². The van der Waals surface area contributed by atoms with Gasteiger partial charge in [-0.1, -0.05) is 29.4 Å². The van der Waals surface area contributed by atoms with Gasteiger partial charge in [-0.05, 0) is 37.3 Å². The number of ether oxygens (including phenoxy) is 3. The van der Waals surface area contributed by atoms with Crippen LogP contribution in [0.1, 0.15) is 6.92 Å². The number of hydrogen-bond donors (Lipinski definition) is 0. The molecule has 2 aromatic carbocycles. The van der Waals surface area contributed by atoms with E-state index in [1.54, 1.807) is 12.1 Å². The number of thiazole rings is 1. The fourth-order valence-corrected chi connectivity index (χ4v) is 4.01. The maximum absolute atomic E-state index is 12.7. The van der Waals surface area contributed by atoms with Crippen LogP contribution in [0.2, 0.25) is 0 Å². The zero-order chi connectivity index (χ0) is 19.5. The average Bonchev–Trinajstić information content (AvgIpc) is 3.04. The second-order valence-corrected chi connectivity index (χ2v) is 7.06. The third-order valence-corrected chi connectivity index (χ3v) is 5.25. The molecule has 1 aliphatic rings. The second kappa shape index (κ2) is 7.79. The van der Waals surface area contributed by atoms with Gasteiger partial charge in [0, 0.05) is 0 Å². The van der Waals surface area contributed by atoms with Crippen molar-refractivity contribution >= 4 is 27.5 Å². The van der Waals surface area contributed by atoms with E-state index in [0.29, 0.717) is 29.5 Å². The van der Waals surface area contributed by atoms with Gasteiger partial charge in [0.15, 0.2) is 16.3 Å². The van der Waals surface area contributed by atoms with Gasteiger partial charge >= 0.3 is 0 Å². The molecular formula is C21H18N2O4S. The normalized spacial score (nSPS) is 16.0. The van der Waals surface area contributed by atoms with Crippen molar-refractivity contribution in [2.75, 3.05) is 13.2 Å². The standard InChI is InChI=1S/C21H18N2O4S/c1-3-11-23-15-10-9-14(25-4-2)12-19(15)28-21(23)22-20(24)18-13-26-16-7-5-6-8-17(16)27-18/h1,5-10,12,18H,4,11,13H2,2H3. The lowest BCUT2D eigenvalue weighted by molar-refractivity contribution is -0.127. The molecule has 1 amide bonds. The van der Waals surface area contributed by atoms with Crippen LogP contribution in [0.4, 0.5) is 0 Å². The molecule has 1 unspecified atom stereocenters. The first-order valence-corrected chi connectivity index (χ1v) is 9.68. The van der Waals surface area contributed by atoms with Crippen molar-refractivity contribution in [2.24, 2.45) is 4.99 Å². The molecular weight excluding hydrogens is 376 g/mol. The van der Waals surface area contributed by atoms with Gasteiger partial charge in [-0.3, -0.25) is 4.79 Å². The van der Waals surface area contributed by atoms with Crippen molar-refractivity contribution in [3.8, 4) is 29.6 Å². The Morgan fingerprint density at radius 2 is 2.18 bits per heavy atom. The van der Waals surface area contributed by atoms with Crippen molar-refractivity contribution in [1.82, 2.24) is 4.57 Å². The van der Waals surface area contributed by atoms with Crippen molar-refractivity contribution in [1.29, 1.82) is 0 Å². The van der Waals surface area contributed by atoms with Crippen LogP contribution < -0.4 is 19.0 Å². The number of benzene rings is 2. The number of para-hydroxylation sites is 2. The second-order valence-electron chi connectivity index (χ2n) is 6.05. The van der Waals surface area contributed by atoms with Crippen LogP contribution in [-0.4, -0.2) is 29.8 Å². The highest BCUT2D eigenvalue weighted by atomic mass is 32.1. The number of fused-ring (bicyclic) bond motifs is 2. The third kappa shape index (κ3) is 3.47. The molecule has 4 rings (SSSR count). The summed E-state index contributed by atoms with van der Waals surface area (Å²) >= 11 is 1.39. The molecule has 0 spiro atoms. The van der Waals surface area contributed by atoms with Crippen molar-refractivity contribution < 1.29 is 19.0 Å². The van der Waals surface area contributed by atoms with Gasteiger partial charge in [0.05, 0.1) is 23.4 Å². The van der Waals surface area contributed by atoms with E-state index in [1.165, 1.54) is 11.3 Å². The number of amides is 1. The highest BCUT2D eigenvalue weighted by Gasteiger charge is 2.27. The predicted octanol–water partition coefficient (Wildman–Crippen LogP) is 3.00. The summed E-state index contributed by atoms with van der Waals surface area (Å²) < 4.78 is 19.7. The lowest BCUT2D eigenvalue weighted by atomic mass is 10.2. The van der Waals surface area contributed by atoms with Crippen molar-refractivity contribution in [2.45, 2.75) is 19.6 Å². The first-order chi connectivity index (χ1) is 13.7. The molecule has 7 heteroatoms. The minimum atomic E-state index is -0.793. The number of hydrogen-bond acceptors (Lipinski definition) is 5. The van der Waals surface area contributed by atoms with Gasteiger partial charge < -0.3 is 18.8 Å². The first kappa shape index (κ1) is 18.1. The van der Waals surface area contributed by atoms with Gasteiger partial charge in [-0.25, -0.2) is 0 Å². The molecule has 6 nitrogen and oxygen atoms in total. The van der Waals surface area contributed by atoms with Gasteiger partial charge in [-0.15, -0.1) is 6.42 Å². The predicted molar refractivity (Wildman–Crippen MR) is 107 cm³/mol. The third-order valence-electron chi connectivity index (χ3n) is 4.20. The van der Waals surface area contributed by atoms with E-state index >= 15 is 0 Å². The van der Waals surface area contributed by atoms with Gasteiger partial charge in [0.2, 0.25) is 6.10 Å². The maximum Gasteiger partial charge on any atom is 0.292 e. The van der Waals surface area contributed by atoms with Crippen molar-refractivity contribution in [3.63, 3.8) is 0 Å². The molecule has 0 saturated carbocycles. The zero-order valence-corrected chi connectivity index (χ0v) is 16.1. The summed E-state index contributed by atoms with van der Waals surface area (Å²) in [5.74, 6) is 4.14. The summed E-state index contributed by atoms with van der Waals surface area (Å²) in [5, 5.41) is 0. The first-order valence-electron chi connectivity index (χ1n) is 8.86. The highest BCUT2D eigenvalue weighted by Crippen LogP contribution is 2.31. The number of terminal acetylenes is 1. The molecule has 1 aromatic heterocycles. The molecule has 0 saturated heterocycles. The molecule has 0 bridgehead atoms. The summed E-state index contributed by atoms with van der Waals surface area (Å²) in [6.07, 6.45) is 4.73. The van der Waals surface area contributed by atoms with E-state index in [9.17, 15) is 4.79 Å². The van der Waals surface area contributed by atoms with E-state index in [0.717, 1.165) is 16.0 Å². The molecule has 1 aliphatic heterocycles. The quantitative estimate of drug-likeness (QED) is 0.639. The molecule has 3 aromatic rings. The molecule has 0 N–H and O–H groups in total. The Bertz CT molecular complexity index is 1140. The topological polar surface area (TPSA) is 62.1 Å². The van der Waals surface area contributed by atoms with Crippen LogP contribution in [-0.2, 0) is 11.3 Å². The van der Waals surface area contributed by atoms with E-state index in [1.807, 2.05) is 41.8 Å². The molecule has 1 atom stereocenters. The fourth-order valence-electron chi connectivity index (χ4n) is 2.95. The van der Waals surface area contributed by atoms with Crippen LogP contribution >= 0.6 is 11.3 Å². The van der Waals surface area contributed by atoms with E-state index in [-0.39, 0.29) is 6.61 Å². The fraction of sp³-hybridized carbons (Fsp3) is 0.238. The molecule has 2 heterocycles. The van der Waals surface area contributed by atoms with Crippen LogP contribution in [0.3, 0.4) is 0 Å². The lowest BCUT2D eigenvalue weighted by Gasteiger charge is -2.23. The maximum atomic E-state index is 12.7. The van der Waals surface area contributed by atoms with Gasteiger partial charge in [0.25, 0.3) is 5.91 Å². The Labute approximate surface area is 166 Å². The Morgan fingerprint density at radius 1 is 1.36 bits per heavy atom.